The highest BCUT2D eigenvalue weighted by molar-refractivity contribution is 6.00. The van der Waals surface area contributed by atoms with Crippen molar-refractivity contribution in [2.45, 2.75) is 6.42 Å². The van der Waals surface area contributed by atoms with Crippen LogP contribution in [0.25, 0.3) is 0 Å². The molecular weight excluding hydrogens is 348 g/mol. The van der Waals surface area contributed by atoms with Crippen molar-refractivity contribution in [2.75, 3.05) is 23.1 Å². The van der Waals surface area contributed by atoms with Crippen LogP contribution in [0.4, 0.5) is 21.9 Å². The molecule has 0 atom stereocenters. The Morgan fingerprint density at radius 3 is 2.48 bits per heavy atom. The molecule has 2 aromatic rings. The molecule has 2 rings (SSSR count). The average molecular weight is 368 g/mol. The standard InChI is InChI=1S/C19H20N4O4/c1-3-17(24)22-14-7-5-4-6-12(14)10-18(25)21-13-8-9-16(27-2)15(11-13)23-19(20)26/h3-9,11H,1,10H2,2H3,(H,21,25)(H,22,24)(H3,20,23,26). The number of para-hydroxylation sites is 1. The van der Waals surface area contributed by atoms with E-state index in [1.807, 2.05) is 0 Å². The molecule has 4 amide bonds. The fraction of sp³-hybridized carbons (Fsp3) is 0.105. The summed E-state index contributed by atoms with van der Waals surface area (Å²) in [4.78, 5) is 35.0. The number of rotatable bonds is 7. The lowest BCUT2D eigenvalue weighted by atomic mass is 10.1. The number of nitrogens with two attached hydrogens (primary N) is 1. The number of hydrogen-bond donors (Lipinski definition) is 4. The number of carbonyl (C=O) groups excluding carboxylic acids is 3. The number of nitrogens with one attached hydrogen (secondary N) is 3. The lowest BCUT2D eigenvalue weighted by Crippen LogP contribution is -2.20. The second kappa shape index (κ2) is 9.04. The summed E-state index contributed by atoms with van der Waals surface area (Å²) in [6.07, 6.45) is 1.19. The van der Waals surface area contributed by atoms with Gasteiger partial charge in [0.1, 0.15) is 5.75 Å². The van der Waals surface area contributed by atoms with Gasteiger partial charge in [-0.15, -0.1) is 0 Å². The topological polar surface area (TPSA) is 123 Å². The van der Waals surface area contributed by atoms with E-state index in [9.17, 15) is 14.4 Å². The van der Waals surface area contributed by atoms with E-state index in [0.29, 0.717) is 28.4 Å². The van der Waals surface area contributed by atoms with E-state index >= 15 is 0 Å². The molecule has 0 heterocycles. The molecule has 8 heteroatoms. The highest BCUT2D eigenvalue weighted by Crippen LogP contribution is 2.28. The Kier molecular flexibility index (Phi) is 6.54. The number of hydrogen-bond acceptors (Lipinski definition) is 4. The molecule has 0 unspecified atom stereocenters. The van der Waals surface area contributed by atoms with Crippen LogP contribution in [0.2, 0.25) is 0 Å². The van der Waals surface area contributed by atoms with Crippen LogP contribution in [0, 0.1) is 0 Å². The first-order chi connectivity index (χ1) is 12.9. The van der Waals surface area contributed by atoms with E-state index in [0.717, 1.165) is 6.08 Å². The summed E-state index contributed by atoms with van der Waals surface area (Å²) >= 11 is 0. The molecule has 0 aliphatic carbocycles. The molecule has 0 spiro atoms. The predicted octanol–water partition coefficient (Wildman–Crippen LogP) is 2.49. The second-order valence-corrected chi connectivity index (χ2v) is 5.48. The van der Waals surface area contributed by atoms with Crippen molar-refractivity contribution in [1.29, 1.82) is 0 Å². The molecule has 0 aliphatic heterocycles. The van der Waals surface area contributed by atoms with Crippen LogP contribution in [0.1, 0.15) is 5.56 Å². The first kappa shape index (κ1) is 19.5. The molecule has 5 N–H and O–H groups in total. The van der Waals surface area contributed by atoms with E-state index in [4.69, 9.17) is 10.5 Å². The van der Waals surface area contributed by atoms with Crippen molar-refractivity contribution < 1.29 is 19.1 Å². The first-order valence-electron chi connectivity index (χ1n) is 7.98. The Labute approximate surface area is 156 Å². The van der Waals surface area contributed by atoms with Crippen molar-refractivity contribution in [3.05, 3.63) is 60.7 Å². The highest BCUT2D eigenvalue weighted by atomic mass is 16.5. The molecule has 27 heavy (non-hydrogen) atoms. The molecule has 0 radical (unpaired) electrons. The van der Waals surface area contributed by atoms with Crippen molar-refractivity contribution in [3.8, 4) is 5.75 Å². The zero-order valence-electron chi connectivity index (χ0n) is 14.7. The number of urea groups is 1. The summed E-state index contributed by atoms with van der Waals surface area (Å²) in [6, 6.07) is 11.0. The maximum Gasteiger partial charge on any atom is 0.316 e. The number of primary amides is 1. The third kappa shape index (κ3) is 5.60. The normalized spacial score (nSPS) is 9.81. The fourth-order valence-corrected chi connectivity index (χ4v) is 2.37. The van der Waals surface area contributed by atoms with Gasteiger partial charge in [0.05, 0.1) is 19.2 Å². The number of carbonyl (C=O) groups is 3. The Morgan fingerprint density at radius 2 is 1.81 bits per heavy atom. The van der Waals surface area contributed by atoms with E-state index < -0.39 is 6.03 Å². The molecular formula is C19H20N4O4. The number of amides is 4. The molecule has 0 fully saturated rings. The Hall–Kier alpha value is -3.81. The summed E-state index contributed by atoms with van der Waals surface area (Å²) in [5, 5.41) is 7.82. The van der Waals surface area contributed by atoms with Gasteiger partial charge in [-0.25, -0.2) is 4.79 Å². The van der Waals surface area contributed by atoms with Crippen LogP contribution in [-0.4, -0.2) is 25.0 Å². The van der Waals surface area contributed by atoms with Crippen molar-refractivity contribution in [2.24, 2.45) is 5.73 Å². The van der Waals surface area contributed by atoms with Crippen molar-refractivity contribution in [1.82, 2.24) is 0 Å². The number of benzene rings is 2. The minimum absolute atomic E-state index is 0.0399. The first-order valence-corrected chi connectivity index (χ1v) is 7.98. The van der Waals surface area contributed by atoms with Crippen LogP contribution in [0.5, 0.6) is 5.75 Å². The zero-order valence-corrected chi connectivity index (χ0v) is 14.7. The van der Waals surface area contributed by atoms with Gasteiger partial charge in [-0.1, -0.05) is 24.8 Å². The maximum absolute atomic E-state index is 12.4. The van der Waals surface area contributed by atoms with Crippen LogP contribution >= 0.6 is 0 Å². The minimum atomic E-state index is -0.747. The van der Waals surface area contributed by atoms with E-state index in [-0.39, 0.29) is 18.2 Å². The molecule has 0 saturated heterocycles. The molecule has 0 bridgehead atoms. The number of ether oxygens (including phenoxy) is 1. The molecule has 8 nitrogen and oxygen atoms in total. The quantitative estimate of drug-likeness (QED) is 0.561. The summed E-state index contributed by atoms with van der Waals surface area (Å²) in [5.41, 5.74) is 7.10. The zero-order chi connectivity index (χ0) is 19.8. The molecule has 140 valence electrons. The summed E-state index contributed by atoms with van der Waals surface area (Å²) in [6.45, 7) is 3.41. The molecule has 2 aromatic carbocycles. The summed E-state index contributed by atoms with van der Waals surface area (Å²) in [5.74, 6) is -0.255. The van der Waals surface area contributed by atoms with Crippen LogP contribution < -0.4 is 26.4 Å². The fourth-order valence-electron chi connectivity index (χ4n) is 2.37. The third-order valence-electron chi connectivity index (χ3n) is 3.55. The third-order valence-corrected chi connectivity index (χ3v) is 3.55. The Balaban J connectivity index is 2.13. The van der Waals surface area contributed by atoms with Gasteiger partial charge in [-0.05, 0) is 35.9 Å². The van der Waals surface area contributed by atoms with Gasteiger partial charge in [-0.2, -0.15) is 0 Å². The summed E-state index contributed by atoms with van der Waals surface area (Å²) < 4.78 is 5.13. The second-order valence-electron chi connectivity index (χ2n) is 5.48. The van der Waals surface area contributed by atoms with Crippen molar-refractivity contribution in [3.63, 3.8) is 0 Å². The Bertz CT molecular complexity index is 880. The van der Waals surface area contributed by atoms with Gasteiger partial charge in [0.2, 0.25) is 11.8 Å². The van der Waals surface area contributed by atoms with Gasteiger partial charge >= 0.3 is 6.03 Å². The minimum Gasteiger partial charge on any atom is -0.495 e. The van der Waals surface area contributed by atoms with Gasteiger partial charge in [0.15, 0.2) is 0 Å². The van der Waals surface area contributed by atoms with Crippen molar-refractivity contribution >= 4 is 34.9 Å². The average Bonchev–Trinajstić information content (AvgIpc) is 2.63. The van der Waals surface area contributed by atoms with Crippen LogP contribution in [-0.2, 0) is 16.0 Å². The molecule has 0 saturated carbocycles. The Morgan fingerprint density at radius 1 is 1.07 bits per heavy atom. The maximum atomic E-state index is 12.4. The lowest BCUT2D eigenvalue weighted by molar-refractivity contribution is -0.115. The highest BCUT2D eigenvalue weighted by Gasteiger charge is 2.11. The van der Waals surface area contributed by atoms with E-state index in [2.05, 4.69) is 22.5 Å². The lowest BCUT2D eigenvalue weighted by Gasteiger charge is -2.13. The number of methoxy groups -OCH3 is 1. The summed E-state index contributed by atoms with van der Waals surface area (Å²) in [7, 11) is 1.45. The largest absolute Gasteiger partial charge is 0.495 e. The molecule has 0 aliphatic rings. The van der Waals surface area contributed by atoms with Crippen LogP contribution in [0.15, 0.2) is 55.1 Å². The van der Waals surface area contributed by atoms with E-state index in [1.165, 1.54) is 13.2 Å². The van der Waals surface area contributed by atoms with Gasteiger partial charge in [0.25, 0.3) is 0 Å². The number of anilines is 3. The van der Waals surface area contributed by atoms with Gasteiger partial charge in [0, 0.05) is 11.4 Å². The predicted molar refractivity (Wildman–Crippen MR) is 104 cm³/mol. The van der Waals surface area contributed by atoms with Gasteiger partial charge < -0.3 is 26.4 Å². The van der Waals surface area contributed by atoms with Crippen LogP contribution in [0.3, 0.4) is 0 Å². The molecule has 0 aromatic heterocycles. The van der Waals surface area contributed by atoms with E-state index in [1.54, 1.807) is 36.4 Å². The SMILES string of the molecule is C=CC(=O)Nc1ccccc1CC(=O)Nc1ccc(OC)c(NC(N)=O)c1. The smallest absolute Gasteiger partial charge is 0.316 e. The monoisotopic (exact) mass is 368 g/mol. The van der Waals surface area contributed by atoms with Gasteiger partial charge in [-0.3, -0.25) is 9.59 Å².